The maximum atomic E-state index is 3.95. The summed E-state index contributed by atoms with van der Waals surface area (Å²) in [4.78, 5) is 0. The van der Waals surface area contributed by atoms with Crippen molar-refractivity contribution in [3.05, 3.63) is 24.8 Å². The Bertz CT molecular complexity index is 116. The van der Waals surface area contributed by atoms with Crippen LogP contribution in [-0.2, 0) is 0 Å². The van der Waals surface area contributed by atoms with E-state index in [-0.39, 0.29) is 0 Å². The molecule has 0 aliphatic heterocycles. The van der Waals surface area contributed by atoms with Crippen molar-refractivity contribution in [1.82, 2.24) is 0 Å². The van der Waals surface area contributed by atoms with Crippen molar-refractivity contribution in [2.45, 2.75) is 24.3 Å². The Morgan fingerprint density at radius 3 is 2.60 bits per heavy atom. The van der Waals surface area contributed by atoms with E-state index < -0.39 is 0 Å². The third kappa shape index (κ3) is 4.12. The Balaban J connectivity index is 3.60. The van der Waals surface area contributed by atoms with Crippen molar-refractivity contribution in [2.24, 2.45) is 5.92 Å². The van der Waals surface area contributed by atoms with E-state index in [0.717, 1.165) is 12.3 Å². The predicted molar refractivity (Wildman–Crippen MR) is 48.3 cm³/mol. The predicted octanol–water partition coefficient (Wildman–Crippen LogP) is 2.73. The fourth-order valence-electron chi connectivity index (χ4n) is 0.956. The molecule has 0 aliphatic carbocycles. The van der Waals surface area contributed by atoms with Crippen molar-refractivity contribution >= 4 is 21.7 Å². The molecule has 0 aromatic heterocycles. The van der Waals surface area contributed by atoms with Gasteiger partial charge in [-0.25, -0.2) is 0 Å². The van der Waals surface area contributed by atoms with E-state index in [4.69, 9.17) is 0 Å². The molecular formula is C9H15Mg+. The molecule has 0 aromatic rings. The second-order valence-electron chi connectivity index (χ2n) is 2.70. The van der Waals surface area contributed by atoms with Gasteiger partial charge in [-0.1, -0.05) is 0 Å². The van der Waals surface area contributed by atoms with Crippen LogP contribution in [0.25, 0.3) is 0 Å². The van der Waals surface area contributed by atoms with Gasteiger partial charge in [0.05, 0.1) is 0 Å². The second-order valence-corrected chi connectivity index (χ2v) is 3.28. The van der Waals surface area contributed by atoms with Crippen molar-refractivity contribution in [3.63, 3.8) is 0 Å². The summed E-state index contributed by atoms with van der Waals surface area (Å²) in [7, 11) is 0. The zero-order valence-corrected chi connectivity index (χ0v) is 8.31. The van der Waals surface area contributed by atoms with E-state index in [1.54, 1.807) is 0 Å². The van der Waals surface area contributed by atoms with E-state index in [9.17, 15) is 0 Å². The quantitative estimate of drug-likeness (QED) is 0.414. The molecule has 1 heteroatoms. The van der Waals surface area contributed by atoms with Crippen LogP contribution in [-0.4, -0.2) is 21.7 Å². The first-order valence-electron chi connectivity index (χ1n) is 3.78. The molecule has 0 radical (unpaired) electrons. The van der Waals surface area contributed by atoms with Gasteiger partial charge in [0.2, 0.25) is 0 Å². The molecule has 0 fully saturated rings. The third-order valence-electron chi connectivity index (χ3n) is 1.76. The number of hydrogen-bond donors (Lipinski definition) is 0. The van der Waals surface area contributed by atoms with Gasteiger partial charge in [0, 0.05) is 0 Å². The van der Waals surface area contributed by atoms with Crippen LogP contribution < -0.4 is 0 Å². The van der Waals surface area contributed by atoms with Crippen molar-refractivity contribution in [2.75, 3.05) is 0 Å². The van der Waals surface area contributed by atoms with Gasteiger partial charge in [-0.05, 0) is 0 Å². The van der Waals surface area contributed by atoms with Crippen LogP contribution in [0.1, 0.15) is 19.8 Å². The molecular weight excluding hydrogens is 132 g/mol. The zero-order chi connectivity index (χ0) is 7.98. The summed E-state index contributed by atoms with van der Waals surface area (Å²) in [5, 5.41) is 0. The minimum absolute atomic E-state index is 0.719. The fraction of sp³-hybridized carbons (Fsp3) is 0.556. The van der Waals surface area contributed by atoms with Gasteiger partial charge >= 0.3 is 76.7 Å². The van der Waals surface area contributed by atoms with Crippen LogP contribution in [0.3, 0.4) is 0 Å². The van der Waals surface area contributed by atoms with Gasteiger partial charge in [-0.3, -0.25) is 0 Å². The molecule has 0 bridgehead atoms. The van der Waals surface area contributed by atoms with Crippen LogP contribution in [0.15, 0.2) is 24.8 Å². The Labute approximate surface area is 76.8 Å². The molecule has 0 spiro atoms. The van der Waals surface area contributed by atoms with Crippen molar-refractivity contribution in [3.8, 4) is 0 Å². The molecule has 0 saturated heterocycles. The molecule has 0 heterocycles. The monoisotopic (exact) mass is 147 g/mol. The molecule has 0 aliphatic rings. The number of hydrogen-bond acceptors (Lipinski definition) is 0. The zero-order valence-electron chi connectivity index (χ0n) is 6.90. The average Bonchev–Trinajstić information content (AvgIpc) is 1.89. The van der Waals surface area contributed by atoms with Crippen LogP contribution in [0.5, 0.6) is 0 Å². The van der Waals surface area contributed by atoms with Gasteiger partial charge in [-0.15, -0.1) is 0 Å². The molecule has 0 N–H and O–H groups in total. The molecule has 0 rings (SSSR count). The van der Waals surface area contributed by atoms with E-state index in [1.165, 1.54) is 16.5 Å². The molecule has 0 nitrogen and oxygen atoms in total. The summed E-state index contributed by atoms with van der Waals surface area (Å²) in [5.41, 5.74) is 1.32. The SMILES string of the molecule is C=CCCC([CH2][Mg+])C(=C)C. The molecule has 10 heavy (non-hydrogen) atoms. The summed E-state index contributed by atoms with van der Waals surface area (Å²) in [6.45, 7) is 9.76. The topological polar surface area (TPSA) is 0 Å². The molecule has 0 aromatic carbocycles. The van der Waals surface area contributed by atoms with E-state index in [1.807, 2.05) is 27.8 Å². The van der Waals surface area contributed by atoms with E-state index >= 15 is 0 Å². The van der Waals surface area contributed by atoms with Gasteiger partial charge in [0.25, 0.3) is 0 Å². The summed E-state index contributed by atoms with van der Waals surface area (Å²) in [5.74, 6) is 0.719. The second kappa shape index (κ2) is 5.99. The number of allylic oxidation sites excluding steroid dienone is 2. The molecule has 52 valence electrons. The summed E-state index contributed by atoms with van der Waals surface area (Å²) >= 11 is 2.03. The Morgan fingerprint density at radius 1 is 1.70 bits per heavy atom. The molecule has 0 saturated carbocycles. The molecule has 1 unspecified atom stereocenters. The van der Waals surface area contributed by atoms with Gasteiger partial charge < -0.3 is 0 Å². The molecule has 0 amide bonds. The Morgan fingerprint density at radius 2 is 2.30 bits per heavy atom. The first-order chi connectivity index (χ1) is 4.72. The fourth-order valence-corrected chi connectivity index (χ4v) is 1.74. The Kier molecular flexibility index (Phi) is 6.14. The van der Waals surface area contributed by atoms with E-state index in [2.05, 4.69) is 20.1 Å². The van der Waals surface area contributed by atoms with Gasteiger partial charge in [0.15, 0.2) is 0 Å². The first kappa shape index (κ1) is 10.2. The summed E-state index contributed by atoms with van der Waals surface area (Å²) in [6, 6.07) is 0. The van der Waals surface area contributed by atoms with Gasteiger partial charge in [-0.2, -0.15) is 0 Å². The summed E-state index contributed by atoms with van der Waals surface area (Å²) < 4.78 is 1.24. The van der Waals surface area contributed by atoms with Gasteiger partial charge in [0.1, 0.15) is 0 Å². The van der Waals surface area contributed by atoms with E-state index in [0.29, 0.717) is 0 Å². The van der Waals surface area contributed by atoms with Crippen LogP contribution in [0, 0.1) is 5.92 Å². The minimum atomic E-state index is 0.719. The third-order valence-corrected chi connectivity index (χ3v) is 2.46. The van der Waals surface area contributed by atoms with Crippen LogP contribution >= 0.6 is 0 Å². The normalized spacial score (nSPS) is 12.7. The molecule has 1 atom stereocenters. The van der Waals surface area contributed by atoms with Crippen molar-refractivity contribution in [1.29, 1.82) is 0 Å². The first-order valence-corrected chi connectivity index (χ1v) is 4.78. The van der Waals surface area contributed by atoms with Crippen LogP contribution in [0.2, 0.25) is 4.55 Å². The standard InChI is InChI=1S/C9H15.Mg/c1-5-6-7-9(4)8(2)3;/h5,9H,1-2,4,6-7H2,3H3;/q;+1. The Hall–Kier alpha value is 0.246. The van der Waals surface area contributed by atoms with Crippen LogP contribution in [0.4, 0.5) is 0 Å². The maximum absolute atomic E-state index is 3.95. The summed E-state index contributed by atoms with van der Waals surface area (Å²) in [6.07, 6.45) is 4.33. The number of rotatable bonds is 5. The average molecular weight is 148 g/mol. The van der Waals surface area contributed by atoms with Crippen molar-refractivity contribution < 1.29 is 0 Å².